The highest BCUT2D eigenvalue weighted by molar-refractivity contribution is 5.55. The lowest BCUT2D eigenvalue weighted by molar-refractivity contribution is 0.280. The summed E-state index contributed by atoms with van der Waals surface area (Å²) >= 11 is 0. The molecule has 12 heavy (non-hydrogen) atoms. The summed E-state index contributed by atoms with van der Waals surface area (Å²) in [5.41, 5.74) is 7.89. The zero-order valence-electron chi connectivity index (χ0n) is 7.29. The minimum Gasteiger partial charge on any atom is -0.496 e. The Hall–Kier alpha value is -1.22. The molecular weight excluding hydrogens is 154 g/mol. The molecule has 0 saturated carbocycles. The molecule has 0 aliphatic heterocycles. The minimum absolute atomic E-state index is 0.0468. The molecule has 0 unspecified atom stereocenters. The van der Waals surface area contributed by atoms with E-state index in [-0.39, 0.29) is 6.61 Å². The fraction of sp³-hybridized carbons (Fsp3) is 0.333. The Labute approximate surface area is 71.8 Å². The second-order valence-electron chi connectivity index (χ2n) is 2.62. The molecule has 1 aromatic rings. The van der Waals surface area contributed by atoms with E-state index in [1.165, 1.54) is 0 Å². The van der Waals surface area contributed by atoms with Gasteiger partial charge in [0.2, 0.25) is 0 Å². The summed E-state index contributed by atoms with van der Waals surface area (Å²) in [6, 6.07) is 3.53. The molecule has 0 amide bonds. The number of aliphatic hydroxyl groups excluding tert-OH is 1. The predicted octanol–water partition coefficient (Wildman–Crippen LogP) is 1.08. The molecular formula is C9H13NO2. The molecule has 1 aromatic carbocycles. The van der Waals surface area contributed by atoms with Gasteiger partial charge in [0, 0.05) is 11.3 Å². The van der Waals surface area contributed by atoms with Gasteiger partial charge in [-0.05, 0) is 24.6 Å². The number of hydrogen-bond acceptors (Lipinski definition) is 3. The van der Waals surface area contributed by atoms with Gasteiger partial charge < -0.3 is 15.6 Å². The number of nitrogens with two attached hydrogens (primary N) is 1. The second kappa shape index (κ2) is 3.45. The van der Waals surface area contributed by atoms with Crippen LogP contribution in [0.2, 0.25) is 0 Å². The molecule has 0 aliphatic carbocycles. The van der Waals surface area contributed by atoms with Gasteiger partial charge in [-0.2, -0.15) is 0 Å². The normalized spacial score (nSPS) is 9.92. The summed E-state index contributed by atoms with van der Waals surface area (Å²) in [7, 11) is 1.60. The number of ether oxygens (including phenoxy) is 1. The predicted molar refractivity (Wildman–Crippen MR) is 48.1 cm³/mol. The maximum absolute atomic E-state index is 8.98. The first-order valence-corrected chi connectivity index (χ1v) is 3.73. The largest absolute Gasteiger partial charge is 0.496 e. The first-order chi connectivity index (χ1) is 5.70. The van der Waals surface area contributed by atoms with Crippen LogP contribution in [-0.2, 0) is 6.61 Å². The maximum atomic E-state index is 8.98. The lowest BCUT2D eigenvalue weighted by Crippen LogP contribution is -1.99. The number of aliphatic hydroxyl groups is 1. The number of rotatable bonds is 2. The van der Waals surface area contributed by atoms with Crippen molar-refractivity contribution in [3.63, 3.8) is 0 Å². The molecule has 3 nitrogen and oxygen atoms in total. The van der Waals surface area contributed by atoms with Crippen molar-refractivity contribution < 1.29 is 9.84 Å². The Morgan fingerprint density at radius 2 is 2.17 bits per heavy atom. The van der Waals surface area contributed by atoms with Crippen LogP contribution in [0.25, 0.3) is 0 Å². The number of methoxy groups -OCH3 is 1. The van der Waals surface area contributed by atoms with E-state index in [1.54, 1.807) is 19.2 Å². The topological polar surface area (TPSA) is 55.5 Å². The average molecular weight is 167 g/mol. The Morgan fingerprint density at radius 3 is 2.67 bits per heavy atom. The average Bonchev–Trinajstić information content (AvgIpc) is 2.06. The standard InChI is InChI=1S/C9H13NO2/c1-6-7(5-11)8(10)3-4-9(6)12-2/h3-4,11H,5,10H2,1-2H3. The Bertz CT molecular complexity index is 284. The first kappa shape index (κ1) is 8.87. The van der Waals surface area contributed by atoms with E-state index < -0.39 is 0 Å². The summed E-state index contributed by atoms with van der Waals surface area (Å²) in [6.45, 7) is 1.83. The van der Waals surface area contributed by atoms with Crippen molar-refractivity contribution >= 4 is 5.69 Å². The van der Waals surface area contributed by atoms with Gasteiger partial charge in [0.25, 0.3) is 0 Å². The number of anilines is 1. The lowest BCUT2D eigenvalue weighted by Gasteiger charge is -2.10. The molecule has 0 aromatic heterocycles. The van der Waals surface area contributed by atoms with Gasteiger partial charge in [-0.25, -0.2) is 0 Å². The molecule has 3 N–H and O–H groups in total. The molecule has 0 saturated heterocycles. The number of nitrogen functional groups attached to an aromatic ring is 1. The molecule has 3 heteroatoms. The van der Waals surface area contributed by atoms with Crippen LogP contribution in [0.15, 0.2) is 12.1 Å². The van der Waals surface area contributed by atoms with E-state index >= 15 is 0 Å². The zero-order chi connectivity index (χ0) is 9.14. The van der Waals surface area contributed by atoms with E-state index in [0.717, 1.165) is 16.9 Å². The van der Waals surface area contributed by atoms with Crippen molar-refractivity contribution in [1.29, 1.82) is 0 Å². The summed E-state index contributed by atoms with van der Waals surface area (Å²) in [5, 5.41) is 8.98. The minimum atomic E-state index is -0.0468. The van der Waals surface area contributed by atoms with Gasteiger partial charge in [0.1, 0.15) is 5.75 Å². The van der Waals surface area contributed by atoms with Crippen LogP contribution in [0.5, 0.6) is 5.75 Å². The van der Waals surface area contributed by atoms with Gasteiger partial charge in [0.15, 0.2) is 0 Å². The Balaban J connectivity index is 3.24. The van der Waals surface area contributed by atoms with Gasteiger partial charge >= 0.3 is 0 Å². The van der Waals surface area contributed by atoms with Crippen LogP contribution < -0.4 is 10.5 Å². The van der Waals surface area contributed by atoms with Crippen LogP contribution in [0.3, 0.4) is 0 Å². The van der Waals surface area contributed by atoms with Crippen LogP contribution >= 0.6 is 0 Å². The van der Waals surface area contributed by atoms with E-state index in [1.807, 2.05) is 6.92 Å². The second-order valence-corrected chi connectivity index (χ2v) is 2.62. The molecule has 0 heterocycles. The van der Waals surface area contributed by atoms with Crippen molar-refractivity contribution in [2.24, 2.45) is 0 Å². The maximum Gasteiger partial charge on any atom is 0.122 e. The van der Waals surface area contributed by atoms with Crippen molar-refractivity contribution in [3.8, 4) is 5.75 Å². The van der Waals surface area contributed by atoms with Crippen LogP contribution in [0, 0.1) is 6.92 Å². The SMILES string of the molecule is COc1ccc(N)c(CO)c1C. The molecule has 0 fully saturated rings. The van der Waals surface area contributed by atoms with Crippen molar-refractivity contribution in [2.45, 2.75) is 13.5 Å². The van der Waals surface area contributed by atoms with E-state index in [9.17, 15) is 0 Å². The molecule has 0 aliphatic rings. The molecule has 0 atom stereocenters. The van der Waals surface area contributed by atoms with Gasteiger partial charge in [-0.3, -0.25) is 0 Å². The van der Waals surface area contributed by atoms with Crippen LogP contribution in [0.1, 0.15) is 11.1 Å². The summed E-state index contributed by atoms with van der Waals surface area (Å²) in [6.07, 6.45) is 0. The number of hydrogen-bond donors (Lipinski definition) is 2. The highest BCUT2D eigenvalue weighted by Crippen LogP contribution is 2.25. The fourth-order valence-corrected chi connectivity index (χ4v) is 1.19. The van der Waals surface area contributed by atoms with Gasteiger partial charge in [-0.15, -0.1) is 0 Å². The van der Waals surface area contributed by atoms with Crippen LogP contribution in [0.4, 0.5) is 5.69 Å². The highest BCUT2D eigenvalue weighted by Gasteiger charge is 2.06. The Kier molecular flexibility index (Phi) is 2.55. The molecule has 66 valence electrons. The van der Waals surface area contributed by atoms with E-state index in [4.69, 9.17) is 15.6 Å². The molecule has 0 radical (unpaired) electrons. The third-order valence-corrected chi connectivity index (χ3v) is 1.96. The lowest BCUT2D eigenvalue weighted by atomic mass is 10.1. The Morgan fingerprint density at radius 1 is 1.50 bits per heavy atom. The monoisotopic (exact) mass is 167 g/mol. The quantitative estimate of drug-likeness (QED) is 0.648. The smallest absolute Gasteiger partial charge is 0.122 e. The third-order valence-electron chi connectivity index (χ3n) is 1.96. The first-order valence-electron chi connectivity index (χ1n) is 3.73. The van der Waals surface area contributed by atoms with E-state index in [2.05, 4.69) is 0 Å². The summed E-state index contributed by atoms with van der Waals surface area (Å²) < 4.78 is 5.08. The number of benzene rings is 1. The van der Waals surface area contributed by atoms with Crippen molar-refractivity contribution in [2.75, 3.05) is 12.8 Å². The zero-order valence-corrected chi connectivity index (χ0v) is 7.29. The molecule has 0 bridgehead atoms. The fourth-order valence-electron chi connectivity index (χ4n) is 1.19. The summed E-state index contributed by atoms with van der Waals surface area (Å²) in [4.78, 5) is 0. The van der Waals surface area contributed by atoms with Crippen LogP contribution in [-0.4, -0.2) is 12.2 Å². The molecule has 1 rings (SSSR count). The highest BCUT2D eigenvalue weighted by atomic mass is 16.5. The van der Waals surface area contributed by atoms with Crippen molar-refractivity contribution in [1.82, 2.24) is 0 Å². The molecule has 0 spiro atoms. The van der Waals surface area contributed by atoms with Gasteiger partial charge in [0.05, 0.1) is 13.7 Å². The van der Waals surface area contributed by atoms with Gasteiger partial charge in [-0.1, -0.05) is 0 Å². The summed E-state index contributed by atoms with van der Waals surface area (Å²) in [5.74, 6) is 0.758. The van der Waals surface area contributed by atoms with Crippen molar-refractivity contribution in [3.05, 3.63) is 23.3 Å². The third kappa shape index (κ3) is 1.36. The van der Waals surface area contributed by atoms with E-state index in [0.29, 0.717) is 5.69 Å².